The summed E-state index contributed by atoms with van der Waals surface area (Å²) in [5.41, 5.74) is 3.24. The molecule has 0 amide bonds. The predicted molar refractivity (Wildman–Crippen MR) is 111 cm³/mol. The van der Waals surface area contributed by atoms with Crippen molar-refractivity contribution in [2.45, 2.75) is 32.5 Å². The van der Waals surface area contributed by atoms with Gasteiger partial charge in [0.1, 0.15) is 11.5 Å². The minimum absolute atomic E-state index is 0.0106. The number of benzene rings is 2. The summed E-state index contributed by atoms with van der Waals surface area (Å²) in [6, 6.07) is 13.3. The largest absolute Gasteiger partial charge is 0.393 e. The Kier molecular flexibility index (Phi) is 5.79. The van der Waals surface area contributed by atoms with E-state index >= 15 is 0 Å². The number of aromatic nitrogens is 1. The molecule has 1 aliphatic heterocycles. The number of pyridine rings is 1. The molecule has 1 aromatic heterocycles. The van der Waals surface area contributed by atoms with Gasteiger partial charge in [-0.25, -0.2) is 9.37 Å². The summed E-state index contributed by atoms with van der Waals surface area (Å²) in [5, 5.41) is 0.798. The molecule has 7 heteroatoms. The Balaban J connectivity index is 1.68. The van der Waals surface area contributed by atoms with Crippen molar-refractivity contribution in [3.63, 3.8) is 0 Å². The molecule has 1 saturated heterocycles. The molecule has 1 atom stereocenters. The van der Waals surface area contributed by atoms with Crippen LogP contribution in [-0.2, 0) is 6.54 Å². The fourth-order valence-electron chi connectivity index (χ4n) is 4.15. The maximum absolute atomic E-state index is 13.4. The van der Waals surface area contributed by atoms with Gasteiger partial charge in [-0.3, -0.25) is 9.69 Å². The van der Waals surface area contributed by atoms with Gasteiger partial charge in [0.05, 0.1) is 11.4 Å². The lowest BCUT2D eigenvalue weighted by Gasteiger charge is -2.33. The van der Waals surface area contributed by atoms with E-state index in [9.17, 15) is 22.4 Å². The van der Waals surface area contributed by atoms with Gasteiger partial charge in [-0.1, -0.05) is 24.3 Å². The summed E-state index contributed by atoms with van der Waals surface area (Å²) >= 11 is 0. The molecule has 1 fully saturated rings. The van der Waals surface area contributed by atoms with Crippen LogP contribution in [0.15, 0.2) is 48.5 Å². The summed E-state index contributed by atoms with van der Waals surface area (Å²) < 4.78 is 52.7. The van der Waals surface area contributed by atoms with Gasteiger partial charge in [0.25, 0.3) is 0 Å². The minimum atomic E-state index is -4.18. The van der Waals surface area contributed by atoms with Crippen molar-refractivity contribution in [3.05, 3.63) is 65.6 Å². The molecule has 1 aliphatic rings. The van der Waals surface area contributed by atoms with Crippen molar-refractivity contribution in [1.29, 1.82) is 0 Å². The number of hydrogen-bond acceptors (Lipinski definition) is 3. The maximum Gasteiger partial charge on any atom is 0.393 e. The van der Waals surface area contributed by atoms with Crippen LogP contribution in [0.5, 0.6) is 0 Å². The first-order valence-electron chi connectivity index (χ1n) is 10.2. The molecule has 0 spiro atoms. The summed E-state index contributed by atoms with van der Waals surface area (Å²) in [6.07, 6.45) is -3.49. The van der Waals surface area contributed by atoms with Gasteiger partial charge in [-0.15, -0.1) is 0 Å². The molecule has 0 bridgehead atoms. The number of piperidine rings is 1. The van der Waals surface area contributed by atoms with E-state index in [-0.39, 0.29) is 24.6 Å². The SMILES string of the molecule is CC(=O)c1cc(-c2ccc(F)cc2)c2ccc(CN3CCCC(C(F)(F)F)C3)cc2n1. The summed E-state index contributed by atoms with van der Waals surface area (Å²) in [5.74, 6) is -1.84. The van der Waals surface area contributed by atoms with Crippen molar-refractivity contribution in [2.24, 2.45) is 5.92 Å². The summed E-state index contributed by atoms with van der Waals surface area (Å²) in [6.45, 7) is 2.42. The quantitative estimate of drug-likeness (QED) is 0.375. The highest BCUT2D eigenvalue weighted by atomic mass is 19.4. The van der Waals surface area contributed by atoms with E-state index in [2.05, 4.69) is 4.98 Å². The summed E-state index contributed by atoms with van der Waals surface area (Å²) in [4.78, 5) is 18.3. The van der Waals surface area contributed by atoms with Crippen LogP contribution in [0.25, 0.3) is 22.0 Å². The number of hydrogen-bond donors (Lipinski definition) is 0. The van der Waals surface area contributed by atoms with Crippen LogP contribution in [-0.4, -0.2) is 34.9 Å². The molecule has 2 heterocycles. The molecule has 3 nitrogen and oxygen atoms in total. The van der Waals surface area contributed by atoms with Gasteiger partial charge in [0, 0.05) is 25.4 Å². The third-order valence-corrected chi connectivity index (χ3v) is 5.76. The van der Waals surface area contributed by atoms with Crippen LogP contribution in [0.3, 0.4) is 0 Å². The monoisotopic (exact) mass is 430 g/mol. The van der Waals surface area contributed by atoms with Gasteiger partial charge < -0.3 is 0 Å². The number of halogens is 4. The molecular weight excluding hydrogens is 408 g/mol. The molecule has 0 saturated carbocycles. The van der Waals surface area contributed by atoms with E-state index < -0.39 is 12.1 Å². The topological polar surface area (TPSA) is 33.2 Å². The molecule has 2 aromatic carbocycles. The Morgan fingerprint density at radius 2 is 1.87 bits per heavy atom. The van der Waals surface area contributed by atoms with Gasteiger partial charge in [-0.05, 0) is 60.3 Å². The lowest BCUT2D eigenvalue weighted by molar-refractivity contribution is -0.187. The number of likely N-dealkylation sites (tertiary alicyclic amines) is 1. The van der Waals surface area contributed by atoms with Crippen LogP contribution in [0, 0.1) is 11.7 Å². The van der Waals surface area contributed by atoms with E-state index in [1.165, 1.54) is 19.1 Å². The van der Waals surface area contributed by atoms with Crippen molar-refractivity contribution in [1.82, 2.24) is 9.88 Å². The second-order valence-corrected chi connectivity index (χ2v) is 8.09. The van der Waals surface area contributed by atoms with Crippen LogP contribution < -0.4 is 0 Å². The van der Waals surface area contributed by atoms with E-state index in [0.29, 0.717) is 30.7 Å². The van der Waals surface area contributed by atoms with Crippen molar-refractivity contribution in [2.75, 3.05) is 13.1 Å². The van der Waals surface area contributed by atoms with Crippen molar-refractivity contribution >= 4 is 16.7 Å². The van der Waals surface area contributed by atoms with Crippen molar-refractivity contribution in [3.8, 4) is 11.1 Å². The minimum Gasteiger partial charge on any atom is -0.298 e. The van der Waals surface area contributed by atoms with E-state index in [1.807, 2.05) is 23.1 Å². The molecule has 0 radical (unpaired) electrons. The van der Waals surface area contributed by atoms with E-state index in [1.54, 1.807) is 18.2 Å². The first-order valence-corrected chi connectivity index (χ1v) is 10.2. The van der Waals surface area contributed by atoms with E-state index in [4.69, 9.17) is 0 Å². The smallest absolute Gasteiger partial charge is 0.298 e. The van der Waals surface area contributed by atoms with Crippen molar-refractivity contribution < 1.29 is 22.4 Å². The normalized spacial score (nSPS) is 17.8. The molecule has 1 unspecified atom stereocenters. The number of alkyl halides is 3. The molecule has 0 aliphatic carbocycles. The van der Waals surface area contributed by atoms with Crippen LogP contribution in [0.1, 0.15) is 35.8 Å². The number of nitrogens with zero attached hydrogens (tertiary/aromatic N) is 2. The van der Waals surface area contributed by atoms with Gasteiger partial charge in [0.2, 0.25) is 0 Å². The summed E-state index contributed by atoms with van der Waals surface area (Å²) in [7, 11) is 0. The lowest BCUT2D eigenvalue weighted by atomic mass is 9.96. The zero-order chi connectivity index (χ0) is 22.2. The molecular formula is C24H22F4N2O. The Morgan fingerprint density at radius 3 is 2.55 bits per heavy atom. The van der Waals surface area contributed by atoms with Gasteiger partial charge in [0.15, 0.2) is 5.78 Å². The standard InChI is InChI=1S/C24H22F4N2O/c1-15(31)22-12-21(17-5-7-19(25)8-6-17)20-9-4-16(11-23(20)29-22)13-30-10-2-3-18(14-30)24(26,27)28/h4-9,11-12,18H,2-3,10,13-14H2,1H3. The fraction of sp³-hybridized carbons (Fsp3) is 0.333. The van der Waals surface area contributed by atoms with E-state index in [0.717, 1.165) is 22.1 Å². The molecule has 3 aromatic rings. The first-order chi connectivity index (χ1) is 14.7. The van der Waals surface area contributed by atoms with Crippen LogP contribution in [0.2, 0.25) is 0 Å². The number of fused-ring (bicyclic) bond motifs is 1. The third kappa shape index (κ3) is 4.77. The number of rotatable bonds is 4. The Hall–Kier alpha value is -2.80. The Labute approximate surface area is 177 Å². The van der Waals surface area contributed by atoms with Gasteiger partial charge >= 0.3 is 6.18 Å². The van der Waals surface area contributed by atoms with Crippen LogP contribution in [0.4, 0.5) is 17.6 Å². The maximum atomic E-state index is 13.4. The second-order valence-electron chi connectivity index (χ2n) is 8.09. The highest BCUT2D eigenvalue weighted by Crippen LogP contribution is 2.34. The first kappa shape index (κ1) is 21.4. The Bertz CT molecular complexity index is 1110. The fourth-order valence-corrected chi connectivity index (χ4v) is 4.15. The molecule has 0 N–H and O–H groups in total. The number of ketones is 1. The second kappa shape index (κ2) is 8.38. The average molecular weight is 430 g/mol. The average Bonchev–Trinajstić information content (AvgIpc) is 2.73. The zero-order valence-electron chi connectivity index (χ0n) is 17.0. The zero-order valence-corrected chi connectivity index (χ0v) is 17.0. The number of carbonyl (C=O) groups is 1. The molecule has 4 rings (SSSR count). The highest BCUT2D eigenvalue weighted by molar-refractivity contribution is 6.01. The predicted octanol–water partition coefficient (Wildman–Crippen LogP) is 6.02. The number of carbonyl (C=O) groups excluding carboxylic acids is 1. The molecule has 162 valence electrons. The van der Waals surface area contributed by atoms with Crippen LogP contribution >= 0.6 is 0 Å². The third-order valence-electron chi connectivity index (χ3n) is 5.76. The van der Waals surface area contributed by atoms with Gasteiger partial charge in [-0.2, -0.15) is 13.2 Å². The lowest BCUT2D eigenvalue weighted by Crippen LogP contribution is -2.41. The number of Topliss-reactive ketones (excluding diaryl/α,β-unsaturated/α-hetero) is 1. The molecule has 31 heavy (non-hydrogen) atoms. The highest BCUT2D eigenvalue weighted by Gasteiger charge is 2.41. The Morgan fingerprint density at radius 1 is 1.13 bits per heavy atom.